The molecule has 0 atom stereocenters. The van der Waals surface area contributed by atoms with Gasteiger partial charge in [0.1, 0.15) is 17.1 Å². The fourth-order valence-corrected chi connectivity index (χ4v) is 2.06. The first-order valence-corrected chi connectivity index (χ1v) is 6.70. The monoisotopic (exact) mass is 371 g/mol. The van der Waals surface area contributed by atoms with Crippen molar-refractivity contribution in [3.8, 4) is 11.5 Å². The molecule has 1 saturated carbocycles. The SMILES string of the molecule is O=C(NC1CC1)c1c(OC(F)F)cc(Br)cc1OC(F)F. The zero-order valence-electron chi connectivity index (χ0n) is 10.4. The largest absolute Gasteiger partial charge is 0.434 e. The van der Waals surface area contributed by atoms with E-state index in [0.717, 1.165) is 25.0 Å². The molecule has 0 heterocycles. The molecule has 1 aromatic rings. The average Bonchev–Trinajstić information content (AvgIpc) is 3.09. The molecule has 116 valence electrons. The van der Waals surface area contributed by atoms with Gasteiger partial charge in [-0.2, -0.15) is 17.6 Å². The molecular weight excluding hydrogens is 362 g/mol. The van der Waals surface area contributed by atoms with Gasteiger partial charge in [0.15, 0.2) is 0 Å². The minimum absolute atomic E-state index is 0.0834. The van der Waals surface area contributed by atoms with Crippen LogP contribution in [0.4, 0.5) is 17.6 Å². The van der Waals surface area contributed by atoms with Gasteiger partial charge in [-0.15, -0.1) is 0 Å². The Bertz CT molecular complexity index is 506. The summed E-state index contributed by atoms with van der Waals surface area (Å²) in [6.07, 6.45) is 1.50. The van der Waals surface area contributed by atoms with E-state index in [1.807, 2.05) is 0 Å². The maximum atomic E-state index is 12.4. The topological polar surface area (TPSA) is 47.6 Å². The van der Waals surface area contributed by atoms with Crippen LogP contribution in [0.3, 0.4) is 0 Å². The predicted molar refractivity (Wildman–Crippen MR) is 67.9 cm³/mol. The molecule has 0 aromatic heterocycles. The summed E-state index contributed by atoms with van der Waals surface area (Å²) in [5, 5.41) is 2.51. The average molecular weight is 372 g/mol. The Labute approximate surface area is 125 Å². The number of halogens is 5. The van der Waals surface area contributed by atoms with Gasteiger partial charge in [0.2, 0.25) is 0 Å². The zero-order valence-corrected chi connectivity index (χ0v) is 12.0. The lowest BCUT2D eigenvalue weighted by molar-refractivity contribution is -0.0549. The minimum Gasteiger partial charge on any atom is -0.434 e. The lowest BCUT2D eigenvalue weighted by Crippen LogP contribution is -2.27. The highest BCUT2D eigenvalue weighted by Gasteiger charge is 2.29. The molecule has 1 aliphatic rings. The molecule has 21 heavy (non-hydrogen) atoms. The maximum Gasteiger partial charge on any atom is 0.387 e. The summed E-state index contributed by atoms with van der Waals surface area (Å²) in [5.74, 6) is -1.86. The van der Waals surface area contributed by atoms with Crippen LogP contribution < -0.4 is 14.8 Å². The lowest BCUT2D eigenvalue weighted by Gasteiger charge is -2.16. The van der Waals surface area contributed by atoms with Crippen molar-refractivity contribution in [2.24, 2.45) is 0 Å². The van der Waals surface area contributed by atoms with Crippen molar-refractivity contribution in [2.75, 3.05) is 0 Å². The normalized spacial score (nSPS) is 14.4. The molecule has 9 heteroatoms. The van der Waals surface area contributed by atoms with Gasteiger partial charge in [-0.25, -0.2) is 0 Å². The number of hydrogen-bond acceptors (Lipinski definition) is 3. The first-order chi connectivity index (χ1) is 9.86. The van der Waals surface area contributed by atoms with E-state index in [2.05, 4.69) is 30.7 Å². The number of ether oxygens (including phenoxy) is 2. The molecule has 2 rings (SSSR count). The molecule has 1 aromatic carbocycles. The lowest BCUT2D eigenvalue weighted by atomic mass is 10.1. The Morgan fingerprint density at radius 2 is 1.62 bits per heavy atom. The third kappa shape index (κ3) is 4.48. The summed E-state index contributed by atoms with van der Waals surface area (Å²) in [6, 6.07) is 2.10. The third-order valence-electron chi connectivity index (χ3n) is 2.60. The minimum atomic E-state index is -3.20. The molecule has 0 radical (unpaired) electrons. The highest BCUT2D eigenvalue weighted by atomic mass is 79.9. The smallest absolute Gasteiger partial charge is 0.387 e. The van der Waals surface area contributed by atoms with Gasteiger partial charge in [-0.3, -0.25) is 4.79 Å². The van der Waals surface area contributed by atoms with Crippen molar-refractivity contribution in [1.29, 1.82) is 0 Å². The Balaban J connectivity index is 2.40. The van der Waals surface area contributed by atoms with Gasteiger partial charge in [0.05, 0.1) is 0 Å². The number of alkyl halides is 4. The quantitative estimate of drug-likeness (QED) is 0.778. The van der Waals surface area contributed by atoms with Crippen molar-refractivity contribution in [3.05, 3.63) is 22.2 Å². The summed E-state index contributed by atoms with van der Waals surface area (Å²) in [7, 11) is 0. The van der Waals surface area contributed by atoms with Gasteiger partial charge >= 0.3 is 13.2 Å². The Morgan fingerprint density at radius 1 is 1.14 bits per heavy atom. The van der Waals surface area contributed by atoms with Crippen molar-refractivity contribution in [3.63, 3.8) is 0 Å². The van der Waals surface area contributed by atoms with E-state index in [1.165, 1.54) is 0 Å². The number of rotatable bonds is 6. The van der Waals surface area contributed by atoms with Gasteiger partial charge in [-0.1, -0.05) is 15.9 Å². The molecule has 0 bridgehead atoms. The van der Waals surface area contributed by atoms with Gasteiger partial charge in [0, 0.05) is 10.5 Å². The van der Waals surface area contributed by atoms with E-state index in [1.54, 1.807) is 0 Å². The van der Waals surface area contributed by atoms with Crippen LogP contribution in [0.15, 0.2) is 16.6 Å². The first kappa shape index (κ1) is 15.9. The first-order valence-electron chi connectivity index (χ1n) is 5.91. The van der Waals surface area contributed by atoms with Crippen molar-refractivity contribution in [1.82, 2.24) is 5.32 Å². The standard InChI is InChI=1S/C12H10BrF4NO3/c13-5-3-7(20-11(14)15)9(8(4-5)21-12(16)17)10(19)18-6-1-2-6/h3-4,6,11-12H,1-2H2,(H,18,19). The molecule has 1 aliphatic carbocycles. The second-order valence-corrected chi connectivity index (χ2v) is 5.20. The molecule has 0 saturated heterocycles. The fourth-order valence-electron chi connectivity index (χ4n) is 1.64. The van der Waals surface area contributed by atoms with Crippen LogP contribution in [-0.2, 0) is 0 Å². The van der Waals surface area contributed by atoms with E-state index < -0.39 is 36.2 Å². The fraction of sp³-hybridized carbons (Fsp3) is 0.417. The van der Waals surface area contributed by atoms with Gasteiger partial charge < -0.3 is 14.8 Å². The van der Waals surface area contributed by atoms with Crippen LogP contribution in [0.25, 0.3) is 0 Å². The number of carbonyl (C=O) groups excluding carboxylic acids is 1. The van der Waals surface area contributed by atoms with Crippen LogP contribution in [0.2, 0.25) is 0 Å². The molecule has 0 spiro atoms. The van der Waals surface area contributed by atoms with E-state index in [4.69, 9.17) is 0 Å². The Kier molecular flexibility index (Phi) is 4.92. The summed E-state index contributed by atoms with van der Waals surface area (Å²) in [6.45, 7) is -6.41. The van der Waals surface area contributed by atoms with E-state index >= 15 is 0 Å². The number of nitrogens with one attached hydrogen (secondary N) is 1. The molecule has 1 N–H and O–H groups in total. The van der Waals surface area contributed by atoms with Crippen LogP contribution >= 0.6 is 15.9 Å². The number of benzene rings is 1. The van der Waals surface area contributed by atoms with Crippen molar-refractivity contribution >= 4 is 21.8 Å². The molecule has 1 fully saturated rings. The predicted octanol–water partition coefficient (Wildman–Crippen LogP) is 3.54. The zero-order chi connectivity index (χ0) is 15.6. The number of carbonyl (C=O) groups is 1. The van der Waals surface area contributed by atoms with Crippen LogP contribution in [0.1, 0.15) is 23.2 Å². The number of amides is 1. The molecule has 0 aliphatic heterocycles. The summed E-state index contributed by atoms with van der Waals surface area (Å²) in [5.41, 5.74) is -0.481. The highest BCUT2D eigenvalue weighted by Crippen LogP contribution is 2.35. The molecule has 0 unspecified atom stereocenters. The Hall–Kier alpha value is -1.51. The van der Waals surface area contributed by atoms with Crippen molar-refractivity contribution < 1.29 is 31.8 Å². The van der Waals surface area contributed by atoms with E-state index in [9.17, 15) is 22.4 Å². The van der Waals surface area contributed by atoms with Crippen LogP contribution in [-0.4, -0.2) is 25.2 Å². The highest BCUT2D eigenvalue weighted by molar-refractivity contribution is 9.10. The second kappa shape index (κ2) is 6.50. The van der Waals surface area contributed by atoms with Crippen LogP contribution in [0, 0.1) is 0 Å². The molecule has 4 nitrogen and oxygen atoms in total. The van der Waals surface area contributed by atoms with Gasteiger partial charge in [0.25, 0.3) is 5.91 Å². The Morgan fingerprint density at radius 3 is 2.00 bits per heavy atom. The summed E-state index contributed by atoms with van der Waals surface area (Å²) in [4.78, 5) is 12.0. The van der Waals surface area contributed by atoms with Crippen LogP contribution in [0.5, 0.6) is 11.5 Å². The molecular formula is C12H10BrF4NO3. The number of hydrogen-bond donors (Lipinski definition) is 1. The van der Waals surface area contributed by atoms with E-state index in [-0.39, 0.29) is 10.5 Å². The van der Waals surface area contributed by atoms with E-state index in [0.29, 0.717) is 0 Å². The summed E-state index contributed by atoms with van der Waals surface area (Å²) >= 11 is 2.96. The second-order valence-electron chi connectivity index (χ2n) is 4.28. The van der Waals surface area contributed by atoms with Crippen molar-refractivity contribution in [2.45, 2.75) is 32.1 Å². The maximum absolute atomic E-state index is 12.4. The van der Waals surface area contributed by atoms with Gasteiger partial charge in [-0.05, 0) is 25.0 Å². The summed E-state index contributed by atoms with van der Waals surface area (Å²) < 4.78 is 58.2. The third-order valence-corrected chi connectivity index (χ3v) is 3.06. The molecule has 1 amide bonds.